The molecule has 21 heavy (non-hydrogen) atoms. The Bertz CT molecular complexity index is 571. The molecule has 0 fully saturated rings. The van der Waals surface area contributed by atoms with Crippen LogP contribution < -0.4 is 0 Å². The number of methoxy groups -OCH3 is 1. The zero-order valence-electron chi connectivity index (χ0n) is 11.4. The largest absolute Gasteiger partial charge is 0.383 e. The standard InChI is InChI=1S/C13H14ClN3O4/c1-21-6-5-16(4-2-3-15)13(18)10-7-11(14)9-12(8-10)17(19)20/h7-9H,2,4-6H2,1H3. The first kappa shape index (κ1) is 16.9. The number of rotatable bonds is 7. The number of carbonyl (C=O) groups is 1. The van der Waals surface area contributed by atoms with Gasteiger partial charge in [-0.3, -0.25) is 14.9 Å². The van der Waals surface area contributed by atoms with Crippen LogP contribution in [0.15, 0.2) is 18.2 Å². The van der Waals surface area contributed by atoms with Crippen molar-refractivity contribution >= 4 is 23.2 Å². The zero-order valence-corrected chi connectivity index (χ0v) is 12.2. The maximum absolute atomic E-state index is 12.4. The van der Waals surface area contributed by atoms with E-state index in [0.717, 1.165) is 0 Å². The fraction of sp³-hybridized carbons (Fsp3) is 0.385. The third-order valence-corrected chi connectivity index (χ3v) is 2.90. The molecule has 0 N–H and O–H groups in total. The van der Waals surface area contributed by atoms with Crippen molar-refractivity contribution in [1.29, 1.82) is 5.26 Å². The number of nitriles is 1. The summed E-state index contributed by atoms with van der Waals surface area (Å²) in [6.07, 6.45) is 0.165. The second-order valence-electron chi connectivity index (χ2n) is 4.15. The number of carbonyl (C=O) groups excluding carboxylic acids is 1. The lowest BCUT2D eigenvalue weighted by Gasteiger charge is -2.21. The molecule has 1 aromatic carbocycles. The molecule has 1 amide bonds. The molecule has 7 nitrogen and oxygen atoms in total. The van der Waals surface area contributed by atoms with E-state index in [1.54, 1.807) is 0 Å². The van der Waals surface area contributed by atoms with Gasteiger partial charge in [0, 0.05) is 42.9 Å². The lowest BCUT2D eigenvalue weighted by molar-refractivity contribution is -0.384. The minimum Gasteiger partial charge on any atom is -0.383 e. The average molecular weight is 312 g/mol. The van der Waals surface area contributed by atoms with Gasteiger partial charge in [-0.25, -0.2) is 0 Å². The Kier molecular flexibility index (Phi) is 6.59. The van der Waals surface area contributed by atoms with E-state index in [1.165, 1.54) is 30.2 Å². The predicted molar refractivity (Wildman–Crippen MR) is 76.1 cm³/mol. The van der Waals surface area contributed by atoms with Crippen LogP contribution in [0.3, 0.4) is 0 Å². The van der Waals surface area contributed by atoms with Gasteiger partial charge in [0.2, 0.25) is 0 Å². The third kappa shape index (κ3) is 5.02. The molecule has 0 heterocycles. The molecule has 0 aliphatic heterocycles. The summed E-state index contributed by atoms with van der Waals surface area (Å²) in [5, 5.41) is 19.5. The quantitative estimate of drug-likeness (QED) is 0.568. The van der Waals surface area contributed by atoms with E-state index < -0.39 is 10.8 Å². The molecule has 0 atom stereocenters. The summed E-state index contributed by atoms with van der Waals surface area (Å²) in [7, 11) is 1.50. The Morgan fingerprint density at radius 3 is 2.76 bits per heavy atom. The second kappa shape index (κ2) is 8.19. The number of hydrogen-bond acceptors (Lipinski definition) is 5. The van der Waals surface area contributed by atoms with E-state index >= 15 is 0 Å². The monoisotopic (exact) mass is 311 g/mol. The van der Waals surface area contributed by atoms with Gasteiger partial charge >= 0.3 is 0 Å². The van der Waals surface area contributed by atoms with Gasteiger partial charge in [0.25, 0.3) is 11.6 Å². The summed E-state index contributed by atoms with van der Waals surface area (Å²) < 4.78 is 4.91. The highest BCUT2D eigenvalue weighted by molar-refractivity contribution is 6.31. The van der Waals surface area contributed by atoms with Crippen molar-refractivity contribution in [2.45, 2.75) is 6.42 Å². The molecule has 0 saturated heterocycles. The third-order valence-electron chi connectivity index (χ3n) is 2.69. The van der Waals surface area contributed by atoms with Gasteiger partial charge in [0.05, 0.1) is 24.0 Å². The summed E-state index contributed by atoms with van der Waals surface area (Å²) >= 11 is 5.80. The van der Waals surface area contributed by atoms with Gasteiger partial charge < -0.3 is 9.64 Å². The van der Waals surface area contributed by atoms with Gasteiger partial charge in [-0.15, -0.1) is 0 Å². The summed E-state index contributed by atoms with van der Waals surface area (Å²) in [5.74, 6) is -0.423. The topological polar surface area (TPSA) is 96.5 Å². The van der Waals surface area contributed by atoms with Crippen molar-refractivity contribution in [2.24, 2.45) is 0 Å². The van der Waals surface area contributed by atoms with Crippen molar-refractivity contribution in [3.63, 3.8) is 0 Å². The van der Waals surface area contributed by atoms with E-state index in [0.29, 0.717) is 6.61 Å². The molecule has 8 heteroatoms. The molecule has 0 radical (unpaired) electrons. The van der Waals surface area contributed by atoms with Crippen LogP contribution in [0.2, 0.25) is 5.02 Å². The molecule has 1 rings (SSSR count). The van der Waals surface area contributed by atoms with Gasteiger partial charge in [-0.05, 0) is 6.07 Å². The van der Waals surface area contributed by atoms with Crippen molar-refractivity contribution in [3.8, 4) is 6.07 Å². The Balaban J connectivity index is 3.01. The van der Waals surface area contributed by atoms with Crippen LogP contribution >= 0.6 is 11.6 Å². The maximum Gasteiger partial charge on any atom is 0.271 e. The fourth-order valence-corrected chi connectivity index (χ4v) is 1.92. The van der Waals surface area contributed by atoms with Gasteiger partial charge in [0.15, 0.2) is 0 Å². The van der Waals surface area contributed by atoms with Crippen molar-refractivity contribution in [3.05, 3.63) is 38.9 Å². The lowest BCUT2D eigenvalue weighted by atomic mass is 10.1. The number of non-ortho nitro benzene ring substituents is 1. The van der Waals surface area contributed by atoms with Crippen molar-refractivity contribution in [2.75, 3.05) is 26.8 Å². The number of amides is 1. The van der Waals surface area contributed by atoms with E-state index in [9.17, 15) is 14.9 Å². The normalized spacial score (nSPS) is 9.95. The molecule has 1 aromatic rings. The van der Waals surface area contributed by atoms with Gasteiger partial charge in [-0.1, -0.05) is 11.6 Å². The lowest BCUT2D eigenvalue weighted by Crippen LogP contribution is -2.34. The van der Waals surface area contributed by atoms with E-state index in [4.69, 9.17) is 21.6 Å². The number of nitro groups is 1. The van der Waals surface area contributed by atoms with Crippen molar-refractivity contribution in [1.82, 2.24) is 4.90 Å². The Morgan fingerprint density at radius 2 is 2.19 bits per heavy atom. The summed E-state index contributed by atoms with van der Waals surface area (Å²) in [5.41, 5.74) is -0.138. The smallest absolute Gasteiger partial charge is 0.271 e. The Hall–Kier alpha value is -2.17. The SMILES string of the molecule is COCCN(CCC#N)C(=O)c1cc(Cl)cc([N+](=O)[O-])c1. The molecule has 0 unspecified atom stereocenters. The zero-order chi connectivity index (χ0) is 15.8. The number of halogens is 1. The highest BCUT2D eigenvalue weighted by Gasteiger charge is 2.19. The molecular weight excluding hydrogens is 298 g/mol. The highest BCUT2D eigenvalue weighted by Crippen LogP contribution is 2.22. The molecular formula is C13H14ClN3O4. The average Bonchev–Trinajstić information content (AvgIpc) is 2.46. The number of nitrogens with zero attached hydrogens (tertiary/aromatic N) is 3. The van der Waals surface area contributed by atoms with E-state index in [-0.39, 0.29) is 35.8 Å². The second-order valence-corrected chi connectivity index (χ2v) is 4.58. The number of nitro benzene ring substituents is 1. The van der Waals surface area contributed by atoms with Crippen LogP contribution in [0, 0.1) is 21.4 Å². The number of benzene rings is 1. The predicted octanol–water partition coefficient (Wildman–Crippen LogP) is 2.25. The van der Waals surface area contributed by atoms with Crippen LogP contribution in [-0.2, 0) is 4.74 Å². The van der Waals surface area contributed by atoms with Crippen LogP contribution in [0.25, 0.3) is 0 Å². The van der Waals surface area contributed by atoms with Crippen LogP contribution in [0.4, 0.5) is 5.69 Å². The molecule has 112 valence electrons. The van der Waals surface area contributed by atoms with Crippen LogP contribution in [0.1, 0.15) is 16.8 Å². The number of hydrogen-bond donors (Lipinski definition) is 0. The van der Waals surface area contributed by atoms with Crippen LogP contribution in [-0.4, -0.2) is 42.5 Å². The molecule has 0 bridgehead atoms. The van der Waals surface area contributed by atoms with Gasteiger partial charge in [0.1, 0.15) is 0 Å². The fourth-order valence-electron chi connectivity index (χ4n) is 1.69. The maximum atomic E-state index is 12.4. The van der Waals surface area contributed by atoms with E-state index in [1.807, 2.05) is 6.07 Å². The van der Waals surface area contributed by atoms with Crippen LogP contribution in [0.5, 0.6) is 0 Å². The first-order valence-corrected chi connectivity index (χ1v) is 6.47. The molecule has 0 aromatic heterocycles. The Morgan fingerprint density at radius 1 is 1.48 bits per heavy atom. The summed E-state index contributed by atoms with van der Waals surface area (Å²) in [6.45, 7) is 0.816. The first-order valence-electron chi connectivity index (χ1n) is 6.09. The molecule has 0 aliphatic rings. The number of ether oxygens (including phenoxy) is 1. The van der Waals surface area contributed by atoms with Gasteiger partial charge in [-0.2, -0.15) is 5.26 Å². The minimum atomic E-state index is -0.614. The minimum absolute atomic E-state index is 0.111. The summed E-state index contributed by atoms with van der Waals surface area (Å²) in [4.78, 5) is 24.0. The highest BCUT2D eigenvalue weighted by atomic mass is 35.5. The first-order chi connectivity index (χ1) is 9.99. The summed E-state index contributed by atoms with van der Waals surface area (Å²) in [6, 6.07) is 5.66. The molecule has 0 saturated carbocycles. The van der Waals surface area contributed by atoms with Crippen molar-refractivity contribution < 1.29 is 14.5 Å². The molecule has 0 aliphatic carbocycles. The Labute approximate surface area is 126 Å². The molecule has 0 spiro atoms. The van der Waals surface area contributed by atoms with E-state index in [2.05, 4.69) is 0 Å².